The smallest absolute Gasteiger partial charge is 0.263 e. The van der Waals surface area contributed by atoms with Crippen molar-refractivity contribution in [1.82, 2.24) is 4.90 Å². The zero-order valence-corrected chi connectivity index (χ0v) is 13.2. The quantitative estimate of drug-likeness (QED) is 0.851. The summed E-state index contributed by atoms with van der Waals surface area (Å²) in [5, 5.41) is 0. The Morgan fingerprint density at radius 1 is 1.60 bits per heavy atom. The highest BCUT2D eigenvalue weighted by Crippen LogP contribution is 2.28. The first-order valence-electron chi connectivity index (χ1n) is 7.11. The summed E-state index contributed by atoms with van der Waals surface area (Å²) in [4.78, 5) is 16.3. The van der Waals surface area contributed by atoms with Crippen molar-refractivity contribution in [3.63, 3.8) is 0 Å². The van der Waals surface area contributed by atoms with Crippen LogP contribution in [-0.2, 0) is 0 Å². The summed E-state index contributed by atoms with van der Waals surface area (Å²) in [5.41, 5.74) is 6.46. The molecule has 1 amide bonds. The van der Waals surface area contributed by atoms with Crippen LogP contribution in [0.1, 0.15) is 40.4 Å². The standard InChI is InChI=1S/C16H22N2OS/c1-11(2)13-6-8-18(10-13)16(19)15-9-12(3)14(20-15)5-4-7-17/h9,11,13H,6-8,10,17H2,1-3H3. The van der Waals surface area contributed by atoms with E-state index in [1.807, 2.05) is 17.9 Å². The maximum Gasteiger partial charge on any atom is 0.263 e. The summed E-state index contributed by atoms with van der Waals surface area (Å²) in [6, 6.07) is 1.95. The van der Waals surface area contributed by atoms with Crippen LogP contribution in [0.4, 0.5) is 0 Å². The molecule has 2 rings (SSSR count). The highest BCUT2D eigenvalue weighted by atomic mass is 32.1. The fraction of sp³-hybridized carbons (Fsp3) is 0.562. The first-order valence-corrected chi connectivity index (χ1v) is 7.93. The van der Waals surface area contributed by atoms with Crippen LogP contribution in [0.15, 0.2) is 6.07 Å². The molecule has 2 N–H and O–H groups in total. The second kappa shape index (κ2) is 6.43. The zero-order chi connectivity index (χ0) is 14.7. The SMILES string of the molecule is Cc1cc(C(=O)N2CCC(C(C)C)C2)sc1C#CCN. The van der Waals surface area contributed by atoms with Crippen molar-refractivity contribution in [3.8, 4) is 11.8 Å². The first kappa shape index (κ1) is 15.1. The fourth-order valence-electron chi connectivity index (χ4n) is 2.51. The third kappa shape index (κ3) is 3.23. The lowest BCUT2D eigenvalue weighted by atomic mass is 9.95. The lowest BCUT2D eigenvalue weighted by Crippen LogP contribution is -2.28. The van der Waals surface area contributed by atoms with Gasteiger partial charge in [-0.3, -0.25) is 4.79 Å². The molecule has 0 aromatic carbocycles. The number of nitrogens with two attached hydrogens (primary N) is 1. The number of carbonyl (C=O) groups excluding carboxylic acids is 1. The Bertz CT molecular complexity index is 551. The molecule has 0 spiro atoms. The van der Waals surface area contributed by atoms with Crippen molar-refractivity contribution in [2.24, 2.45) is 17.6 Å². The highest BCUT2D eigenvalue weighted by molar-refractivity contribution is 7.14. The molecule has 108 valence electrons. The number of hydrogen-bond acceptors (Lipinski definition) is 3. The molecule has 0 radical (unpaired) electrons. The summed E-state index contributed by atoms with van der Waals surface area (Å²) in [7, 11) is 0. The Labute approximate surface area is 125 Å². The minimum atomic E-state index is 0.155. The molecule has 1 unspecified atom stereocenters. The number of likely N-dealkylation sites (tertiary alicyclic amines) is 1. The molecule has 2 heterocycles. The van der Waals surface area contributed by atoms with Gasteiger partial charge in [0.05, 0.1) is 16.3 Å². The Morgan fingerprint density at radius 2 is 2.35 bits per heavy atom. The molecule has 1 aromatic heterocycles. The third-order valence-corrected chi connectivity index (χ3v) is 5.03. The van der Waals surface area contributed by atoms with Crippen LogP contribution in [0, 0.1) is 30.6 Å². The number of aryl methyl sites for hydroxylation is 1. The van der Waals surface area contributed by atoms with Gasteiger partial charge >= 0.3 is 0 Å². The van der Waals surface area contributed by atoms with Crippen LogP contribution in [0.5, 0.6) is 0 Å². The summed E-state index contributed by atoms with van der Waals surface area (Å²) >= 11 is 1.48. The number of rotatable bonds is 2. The number of amides is 1. The monoisotopic (exact) mass is 290 g/mol. The topological polar surface area (TPSA) is 46.3 Å². The largest absolute Gasteiger partial charge is 0.338 e. The van der Waals surface area contributed by atoms with Gasteiger partial charge in [0.2, 0.25) is 0 Å². The van der Waals surface area contributed by atoms with Crippen LogP contribution in [0.2, 0.25) is 0 Å². The lowest BCUT2D eigenvalue weighted by molar-refractivity contribution is 0.0789. The van der Waals surface area contributed by atoms with Crippen molar-refractivity contribution in [2.75, 3.05) is 19.6 Å². The van der Waals surface area contributed by atoms with Crippen LogP contribution >= 0.6 is 11.3 Å². The molecule has 0 bridgehead atoms. The average molecular weight is 290 g/mol. The van der Waals surface area contributed by atoms with E-state index in [9.17, 15) is 4.79 Å². The molecule has 1 aliphatic heterocycles. The van der Waals surface area contributed by atoms with Gasteiger partial charge in [-0.1, -0.05) is 25.7 Å². The molecule has 1 aliphatic rings. The van der Waals surface area contributed by atoms with Crippen molar-refractivity contribution < 1.29 is 4.79 Å². The van der Waals surface area contributed by atoms with Crippen molar-refractivity contribution in [2.45, 2.75) is 27.2 Å². The minimum absolute atomic E-state index is 0.155. The number of thiophene rings is 1. The molecular formula is C16H22N2OS. The number of nitrogens with zero attached hydrogens (tertiary/aromatic N) is 1. The van der Waals surface area contributed by atoms with E-state index in [4.69, 9.17) is 5.73 Å². The molecule has 1 aromatic rings. The van der Waals surface area contributed by atoms with Gasteiger partial charge in [0.25, 0.3) is 5.91 Å². The van der Waals surface area contributed by atoms with E-state index in [0.717, 1.165) is 34.8 Å². The molecule has 1 atom stereocenters. The Balaban J connectivity index is 2.10. The summed E-state index contributed by atoms with van der Waals surface area (Å²) in [6.45, 7) is 8.57. The van der Waals surface area contributed by atoms with Gasteiger partial charge in [0.15, 0.2) is 0 Å². The third-order valence-electron chi connectivity index (χ3n) is 3.89. The van der Waals surface area contributed by atoms with Crippen molar-refractivity contribution >= 4 is 17.2 Å². The van der Waals surface area contributed by atoms with E-state index in [1.165, 1.54) is 11.3 Å². The molecule has 1 fully saturated rings. The molecular weight excluding hydrogens is 268 g/mol. The van der Waals surface area contributed by atoms with E-state index in [-0.39, 0.29) is 5.91 Å². The minimum Gasteiger partial charge on any atom is -0.338 e. The van der Waals surface area contributed by atoms with E-state index in [0.29, 0.717) is 18.4 Å². The van der Waals surface area contributed by atoms with Gasteiger partial charge in [0, 0.05) is 13.1 Å². The van der Waals surface area contributed by atoms with Crippen molar-refractivity contribution in [1.29, 1.82) is 0 Å². The van der Waals surface area contributed by atoms with Gasteiger partial charge in [-0.15, -0.1) is 11.3 Å². The van der Waals surface area contributed by atoms with Crippen LogP contribution in [-0.4, -0.2) is 30.4 Å². The Morgan fingerprint density at radius 3 is 2.95 bits per heavy atom. The second-order valence-corrected chi connectivity index (χ2v) is 6.72. The number of hydrogen-bond donors (Lipinski definition) is 1. The summed E-state index contributed by atoms with van der Waals surface area (Å²) in [6.07, 6.45) is 1.12. The van der Waals surface area contributed by atoms with E-state index < -0.39 is 0 Å². The van der Waals surface area contributed by atoms with Crippen molar-refractivity contribution in [3.05, 3.63) is 21.4 Å². The van der Waals surface area contributed by atoms with Gasteiger partial charge in [-0.05, 0) is 36.8 Å². The summed E-state index contributed by atoms with van der Waals surface area (Å²) in [5.74, 6) is 7.32. The van der Waals surface area contributed by atoms with Gasteiger partial charge < -0.3 is 10.6 Å². The van der Waals surface area contributed by atoms with Gasteiger partial charge in [0.1, 0.15) is 0 Å². The second-order valence-electron chi connectivity index (χ2n) is 5.67. The van der Waals surface area contributed by atoms with Crippen LogP contribution < -0.4 is 5.73 Å². The predicted octanol–water partition coefficient (Wildman–Crippen LogP) is 2.48. The van der Waals surface area contributed by atoms with Crippen LogP contribution in [0.25, 0.3) is 0 Å². The molecule has 1 saturated heterocycles. The molecule has 4 heteroatoms. The number of carbonyl (C=O) groups is 1. The Hall–Kier alpha value is -1.31. The van der Waals surface area contributed by atoms with E-state index in [1.54, 1.807) is 0 Å². The maximum absolute atomic E-state index is 12.5. The molecule has 3 nitrogen and oxygen atoms in total. The first-order chi connectivity index (χ1) is 9.52. The van der Waals surface area contributed by atoms with Crippen LogP contribution in [0.3, 0.4) is 0 Å². The normalized spacial score (nSPS) is 18.2. The van der Waals surface area contributed by atoms with E-state index >= 15 is 0 Å². The van der Waals surface area contributed by atoms with Gasteiger partial charge in [-0.2, -0.15) is 0 Å². The maximum atomic E-state index is 12.5. The Kier molecular flexibility index (Phi) is 4.85. The summed E-state index contributed by atoms with van der Waals surface area (Å²) < 4.78 is 0. The fourth-order valence-corrected chi connectivity index (χ4v) is 3.53. The van der Waals surface area contributed by atoms with Gasteiger partial charge in [-0.25, -0.2) is 0 Å². The molecule has 0 aliphatic carbocycles. The van der Waals surface area contributed by atoms with E-state index in [2.05, 4.69) is 25.7 Å². The zero-order valence-electron chi connectivity index (χ0n) is 12.4. The molecule has 20 heavy (non-hydrogen) atoms. The highest BCUT2D eigenvalue weighted by Gasteiger charge is 2.29. The molecule has 0 saturated carbocycles. The average Bonchev–Trinajstić information content (AvgIpc) is 3.02. The predicted molar refractivity (Wildman–Crippen MR) is 83.8 cm³/mol. The lowest BCUT2D eigenvalue weighted by Gasteiger charge is -2.17.